The van der Waals surface area contributed by atoms with Crippen molar-refractivity contribution in [3.63, 3.8) is 0 Å². The molecule has 0 aromatic heterocycles. The number of ether oxygens (including phenoxy) is 2. The molecule has 0 saturated heterocycles. The average molecular weight is 260 g/mol. The van der Waals surface area contributed by atoms with Crippen molar-refractivity contribution in [2.45, 2.75) is 26.4 Å². The lowest BCUT2D eigenvalue weighted by Crippen LogP contribution is -2.35. The molecular formula is C15H16O4. The Hall–Kier alpha value is -2.10. The summed E-state index contributed by atoms with van der Waals surface area (Å²) in [6.07, 6.45) is 1.40. The highest BCUT2D eigenvalue weighted by molar-refractivity contribution is 6.04. The number of rotatable bonds is 2. The van der Waals surface area contributed by atoms with Gasteiger partial charge in [-0.25, -0.2) is 9.59 Å². The van der Waals surface area contributed by atoms with Crippen LogP contribution in [0.15, 0.2) is 30.3 Å². The van der Waals surface area contributed by atoms with E-state index in [-0.39, 0.29) is 5.97 Å². The third-order valence-electron chi connectivity index (χ3n) is 2.98. The van der Waals surface area contributed by atoms with Crippen LogP contribution >= 0.6 is 0 Å². The van der Waals surface area contributed by atoms with E-state index in [0.717, 1.165) is 5.56 Å². The Kier molecular flexibility index (Phi) is 3.42. The van der Waals surface area contributed by atoms with Crippen molar-refractivity contribution in [2.24, 2.45) is 0 Å². The van der Waals surface area contributed by atoms with Crippen molar-refractivity contribution in [1.29, 1.82) is 0 Å². The molecule has 1 heterocycles. The van der Waals surface area contributed by atoms with Gasteiger partial charge in [0.25, 0.3) is 0 Å². The second kappa shape index (κ2) is 4.88. The molecule has 19 heavy (non-hydrogen) atoms. The minimum Gasteiger partial charge on any atom is -0.463 e. The van der Waals surface area contributed by atoms with E-state index in [1.807, 2.05) is 12.1 Å². The summed E-state index contributed by atoms with van der Waals surface area (Å²) < 4.78 is 10.3. The number of esters is 2. The zero-order valence-electron chi connectivity index (χ0n) is 11.2. The molecule has 100 valence electrons. The highest BCUT2D eigenvalue weighted by Gasteiger charge is 2.37. The number of carbonyl (C=O) groups excluding carboxylic acids is 2. The molecule has 0 saturated carbocycles. The van der Waals surface area contributed by atoms with Gasteiger partial charge in [0.1, 0.15) is 5.60 Å². The van der Waals surface area contributed by atoms with E-state index in [2.05, 4.69) is 0 Å². The summed E-state index contributed by atoms with van der Waals surface area (Å²) in [5.74, 6) is -0.806. The zero-order chi connectivity index (χ0) is 14.0. The van der Waals surface area contributed by atoms with Gasteiger partial charge in [-0.3, -0.25) is 0 Å². The standard InChI is InChI=1S/C15H16O4/c1-4-18-13(16)9-12-10-7-5-6-8-11(10)14(17)19-15(12,2)3/h5-9H,4H2,1-3H3/b12-9+. The van der Waals surface area contributed by atoms with Gasteiger partial charge in [0.15, 0.2) is 0 Å². The summed E-state index contributed by atoms with van der Waals surface area (Å²) >= 11 is 0. The molecular weight excluding hydrogens is 244 g/mol. The van der Waals surface area contributed by atoms with Gasteiger partial charge in [0.05, 0.1) is 12.2 Å². The summed E-state index contributed by atoms with van der Waals surface area (Å²) in [7, 11) is 0. The summed E-state index contributed by atoms with van der Waals surface area (Å²) in [6.45, 7) is 5.57. The Labute approximate surface area is 112 Å². The molecule has 0 unspecified atom stereocenters. The molecule has 4 nitrogen and oxygen atoms in total. The van der Waals surface area contributed by atoms with Gasteiger partial charge in [0.2, 0.25) is 0 Å². The van der Waals surface area contributed by atoms with Crippen molar-refractivity contribution in [3.05, 3.63) is 41.5 Å². The third-order valence-corrected chi connectivity index (χ3v) is 2.98. The summed E-state index contributed by atoms with van der Waals surface area (Å²) in [6, 6.07) is 7.08. The van der Waals surface area contributed by atoms with Crippen LogP contribution in [-0.4, -0.2) is 24.1 Å². The number of carbonyl (C=O) groups is 2. The molecule has 0 amide bonds. The van der Waals surface area contributed by atoms with Gasteiger partial charge in [-0.2, -0.15) is 0 Å². The first kappa shape index (κ1) is 13.3. The molecule has 1 aromatic rings. The molecule has 1 aliphatic heterocycles. The van der Waals surface area contributed by atoms with Gasteiger partial charge in [0, 0.05) is 11.6 Å². The van der Waals surface area contributed by atoms with Crippen LogP contribution in [0, 0.1) is 0 Å². The lowest BCUT2D eigenvalue weighted by molar-refractivity contribution is -0.137. The fourth-order valence-corrected chi connectivity index (χ4v) is 2.12. The molecule has 0 atom stereocenters. The molecule has 0 aliphatic carbocycles. The van der Waals surface area contributed by atoms with Crippen molar-refractivity contribution in [3.8, 4) is 0 Å². The van der Waals surface area contributed by atoms with Crippen LogP contribution in [0.2, 0.25) is 0 Å². The normalized spacial score (nSPS) is 18.7. The average Bonchev–Trinajstić information content (AvgIpc) is 2.34. The van der Waals surface area contributed by atoms with Crippen LogP contribution < -0.4 is 0 Å². The second-order valence-electron chi connectivity index (χ2n) is 4.76. The Morgan fingerprint density at radius 2 is 1.95 bits per heavy atom. The number of cyclic esters (lactones) is 1. The van der Waals surface area contributed by atoms with Crippen molar-refractivity contribution < 1.29 is 19.1 Å². The largest absolute Gasteiger partial charge is 0.463 e. The van der Waals surface area contributed by atoms with E-state index < -0.39 is 11.6 Å². The number of benzene rings is 1. The fourth-order valence-electron chi connectivity index (χ4n) is 2.12. The molecule has 0 N–H and O–H groups in total. The molecule has 4 heteroatoms. The van der Waals surface area contributed by atoms with Crippen molar-refractivity contribution in [2.75, 3.05) is 6.61 Å². The lowest BCUT2D eigenvalue weighted by Gasteiger charge is -2.33. The Morgan fingerprint density at radius 3 is 2.58 bits per heavy atom. The smallest absolute Gasteiger partial charge is 0.339 e. The van der Waals surface area contributed by atoms with Crippen LogP contribution in [0.4, 0.5) is 0 Å². The SMILES string of the molecule is CCOC(=O)/C=C1\c2ccccc2C(=O)OC1(C)C. The molecule has 0 radical (unpaired) electrons. The third kappa shape index (κ3) is 2.52. The van der Waals surface area contributed by atoms with Gasteiger partial charge in [-0.05, 0) is 32.4 Å². The van der Waals surface area contributed by atoms with Gasteiger partial charge < -0.3 is 9.47 Å². The highest BCUT2D eigenvalue weighted by atomic mass is 16.6. The minimum atomic E-state index is -0.849. The molecule has 0 spiro atoms. The summed E-state index contributed by atoms with van der Waals surface area (Å²) in [4.78, 5) is 23.5. The second-order valence-corrected chi connectivity index (χ2v) is 4.76. The molecule has 0 fully saturated rings. The van der Waals surface area contributed by atoms with Crippen LogP contribution in [-0.2, 0) is 14.3 Å². The maximum absolute atomic E-state index is 11.9. The molecule has 2 rings (SSSR count). The maximum atomic E-state index is 11.9. The Bertz CT molecular complexity index is 555. The minimum absolute atomic E-state index is 0.310. The van der Waals surface area contributed by atoms with Crippen molar-refractivity contribution >= 4 is 17.5 Å². The predicted octanol–water partition coefficient (Wildman–Crippen LogP) is 2.58. The van der Waals surface area contributed by atoms with E-state index in [9.17, 15) is 9.59 Å². The zero-order valence-corrected chi connectivity index (χ0v) is 11.2. The maximum Gasteiger partial charge on any atom is 0.339 e. The number of fused-ring (bicyclic) bond motifs is 1. The van der Waals surface area contributed by atoms with E-state index in [0.29, 0.717) is 17.7 Å². The van der Waals surface area contributed by atoms with Gasteiger partial charge in [-0.15, -0.1) is 0 Å². The first-order chi connectivity index (χ1) is 8.95. The lowest BCUT2D eigenvalue weighted by atomic mass is 9.85. The van der Waals surface area contributed by atoms with E-state index >= 15 is 0 Å². The summed E-state index contributed by atoms with van der Waals surface area (Å²) in [5.41, 5.74) is 0.994. The predicted molar refractivity (Wildman–Crippen MR) is 70.5 cm³/mol. The molecule has 1 aliphatic rings. The first-order valence-electron chi connectivity index (χ1n) is 6.17. The van der Waals surface area contributed by atoms with Crippen LogP contribution in [0.5, 0.6) is 0 Å². The van der Waals surface area contributed by atoms with E-state index in [1.165, 1.54) is 6.08 Å². The van der Waals surface area contributed by atoms with Gasteiger partial charge >= 0.3 is 11.9 Å². The van der Waals surface area contributed by atoms with Crippen LogP contribution in [0.25, 0.3) is 5.57 Å². The number of hydrogen-bond donors (Lipinski definition) is 0. The molecule has 1 aromatic carbocycles. The summed E-state index contributed by atoms with van der Waals surface area (Å²) in [5, 5.41) is 0. The highest BCUT2D eigenvalue weighted by Crippen LogP contribution is 2.37. The Balaban J connectivity index is 2.54. The number of hydrogen-bond acceptors (Lipinski definition) is 4. The van der Waals surface area contributed by atoms with E-state index in [4.69, 9.17) is 9.47 Å². The topological polar surface area (TPSA) is 52.6 Å². The Morgan fingerprint density at radius 1 is 1.32 bits per heavy atom. The monoisotopic (exact) mass is 260 g/mol. The van der Waals surface area contributed by atoms with Crippen LogP contribution in [0.3, 0.4) is 0 Å². The van der Waals surface area contributed by atoms with Gasteiger partial charge in [-0.1, -0.05) is 18.2 Å². The molecule has 0 bridgehead atoms. The van der Waals surface area contributed by atoms with E-state index in [1.54, 1.807) is 32.9 Å². The van der Waals surface area contributed by atoms with Crippen molar-refractivity contribution in [1.82, 2.24) is 0 Å². The quantitative estimate of drug-likeness (QED) is 0.606. The fraction of sp³-hybridized carbons (Fsp3) is 0.333. The van der Waals surface area contributed by atoms with Crippen LogP contribution in [0.1, 0.15) is 36.7 Å². The first-order valence-corrected chi connectivity index (χ1v) is 6.17.